The lowest BCUT2D eigenvalue weighted by Crippen LogP contribution is -2.39. The van der Waals surface area contributed by atoms with Crippen molar-refractivity contribution in [2.24, 2.45) is 5.92 Å². The zero-order valence-corrected chi connectivity index (χ0v) is 9.40. The molecular weight excluding hydrogens is 212 g/mol. The molecule has 0 spiro atoms. The molecule has 90 valence electrons. The summed E-state index contributed by atoms with van der Waals surface area (Å²) in [7, 11) is 1.65. The Morgan fingerprint density at radius 3 is 2.69 bits per heavy atom. The Hall–Kier alpha value is -1.59. The molecule has 2 amide bonds. The highest BCUT2D eigenvalue weighted by atomic mass is 16.4. The van der Waals surface area contributed by atoms with Crippen LogP contribution in [-0.2, 0) is 14.4 Å². The Kier molecular flexibility index (Phi) is 3.87. The number of amides is 2. The van der Waals surface area contributed by atoms with E-state index in [0.29, 0.717) is 6.54 Å². The number of hydrogen-bond donors (Lipinski definition) is 2. The number of nitrogens with one attached hydrogen (secondary N) is 1. The van der Waals surface area contributed by atoms with Crippen molar-refractivity contribution in [2.45, 2.75) is 25.8 Å². The predicted octanol–water partition coefficient (Wildman–Crippen LogP) is -0.556. The topological polar surface area (TPSA) is 86.7 Å². The third kappa shape index (κ3) is 3.22. The van der Waals surface area contributed by atoms with Gasteiger partial charge < -0.3 is 15.3 Å². The number of carbonyl (C=O) groups is 3. The van der Waals surface area contributed by atoms with Crippen molar-refractivity contribution < 1.29 is 19.5 Å². The third-order valence-electron chi connectivity index (χ3n) is 2.58. The van der Waals surface area contributed by atoms with Gasteiger partial charge in [0, 0.05) is 26.1 Å². The molecule has 0 aromatic heterocycles. The fourth-order valence-electron chi connectivity index (χ4n) is 1.71. The zero-order chi connectivity index (χ0) is 12.3. The lowest BCUT2D eigenvalue weighted by Gasteiger charge is -2.15. The van der Waals surface area contributed by atoms with E-state index in [0.717, 1.165) is 0 Å². The van der Waals surface area contributed by atoms with E-state index in [1.807, 2.05) is 0 Å². The molecule has 6 heteroatoms. The van der Waals surface area contributed by atoms with Crippen LogP contribution in [-0.4, -0.2) is 47.4 Å². The monoisotopic (exact) mass is 228 g/mol. The summed E-state index contributed by atoms with van der Waals surface area (Å²) in [4.78, 5) is 34.8. The first-order valence-corrected chi connectivity index (χ1v) is 5.16. The van der Waals surface area contributed by atoms with Crippen molar-refractivity contribution in [3.63, 3.8) is 0 Å². The molecule has 1 aliphatic rings. The summed E-state index contributed by atoms with van der Waals surface area (Å²) in [6, 6.07) is -0.411. The van der Waals surface area contributed by atoms with Crippen LogP contribution in [0.1, 0.15) is 19.8 Å². The van der Waals surface area contributed by atoms with Crippen LogP contribution in [0.4, 0.5) is 0 Å². The molecule has 2 unspecified atom stereocenters. The first-order valence-electron chi connectivity index (χ1n) is 5.16. The van der Waals surface area contributed by atoms with Crippen LogP contribution in [0, 0.1) is 5.92 Å². The molecule has 0 aromatic rings. The van der Waals surface area contributed by atoms with Gasteiger partial charge in [-0.05, 0) is 6.92 Å². The average molecular weight is 228 g/mol. The van der Waals surface area contributed by atoms with Gasteiger partial charge in [-0.2, -0.15) is 0 Å². The van der Waals surface area contributed by atoms with Gasteiger partial charge in [0.05, 0.1) is 12.3 Å². The number of nitrogens with zero attached hydrogens (tertiary/aromatic N) is 1. The standard InChI is InChI=1S/C10H16N2O4/c1-6(3-9(14)15)11-10(16)7-4-8(13)12(2)5-7/h6-7H,3-5H2,1-2H3,(H,11,16)(H,14,15). The Bertz CT molecular complexity index is 316. The molecule has 0 saturated carbocycles. The highest BCUT2D eigenvalue weighted by Crippen LogP contribution is 2.16. The van der Waals surface area contributed by atoms with Crippen molar-refractivity contribution in [1.29, 1.82) is 0 Å². The molecule has 1 fully saturated rings. The zero-order valence-electron chi connectivity index (χ0n) is 9.40. The third-order valence-corrected chi connectivity index (χ3v) is 2.58. The largest absolute Gasteiger partial charge is 0.481 e. The van der Waals surface area contributed by atoms with Gasteiger partial charge in [-0.15, -0.1) is 0 Å². The maximum Gasteiger partial charge on any atom is 0.305 e. The second-order valence-corrected chi connectivity index (χ2v) is 4.18. The minimum atomic E-state index is -0.951. The fraction of sp³-hybridized carbons (Fsp3) is 0.700. The number of likely N-dealkylation sites (tertiary alicyclic amines) is 1. The highest BCUT2D eigenvalue weighted by molar-refractivity contribution is 5.89. The van der Waals surface area contributed by atoms with Gasteiger partial charge in [-0.3, -0.25) is 14.4 Å². The second-order valence-electron chi connectivity index (χ2n) is 4.18. The number of carboxylic acids is 1. The Labute approximate surface area is 93.6 Å². The van der Waals surface area contributed by atoms with Crippen molar-refractivity contribution in [3.05, 3.63) is 0 Å². The number of carboxylic acid groups (broad SMARTS) is 1. The first kappa shape index (κ1) is 12.5. The molecule has 6 nitrogen and oxygen atoms in total. The van der Waals surface area contributed by atoms with Crippen LogP contribution in [0.15, 0.2) is 0 Å². The average Bonchev–Trinajstić information content (AvgIpc) is 2.45. The van der Waals surface area contributed by atoms with Crippen LogP contribution >= 0.6 is 0 Å². The molecule has 2 atom stereocenters. The van der Waals surface area contributed by atoms with E-state index in [-0.39, 0.29) is 30.6 Å². The maximum atomic E-state index is 11.6. The summed E-state index contributed by atoms with van der Waals surface area (Å²) < 4.78 is 0. The van der Waals surface area contributed by atoms with Gasteiger partial charge in [-0.1, -0.05) is 0 Å². The molecule has 1 saturated heterocycles. The van der Waals surface area contributed by atoms with Crippen molar-refractivity contribution in [2.75, 3.05) is 13.6 Å². The summed E-state index contributed by atoms with van der Waals surface area (Å²) in [6.07, 6.45) is 0.102. The molecule has 0 aliphatic carbocycles. The minimum absolute atomic E-state index is 0.0500. The van der Waals surface area contributed by atoms with E-state index in [2.05, 4.69) is 5.32 Å². The summed E-state index contributed by atoms with van der Waals surface area (Å²) >= 11 is 0. The van der Waals surface area contributed by atoms with Crippen molar-refractivity contribution in [3.8, 4) is 0 Å². The van der Waals surface area contributed by atoms with Gasteiger partial charge in [0.1, 0.15) is 0 Å². The van der Waals surface area contributed by atoms with Crippen LogP contribution < -0.4 is 5.32 Å². The van der Waals surface area contributed by atoms with E-state index in [1.54, 1.807) is 14.0 Å². The van der Waals surface area contributed by atoms with E-state index < -0.39 is 12.0 Å². The van der Waals surface area contributed by atoms with E-state index in [4.69, 9.17) is 5.11 Å². The molecule has 1 heterocycles. The molecular formula is C10H16N2O4. The second kappa shape index (κ2) is 4.96. The SMILES string of the molecule is CC(CC(=O)O)NC(=O)C1CC(=O)N(C)C1. The molecule has 0 bridgehead atoms. The van der Waals surface area contributed by atoms with Crippen molar-refractivity contribution >= 4 is 17.8 Å². The summed E-state index contributed by atoms with van der Waals surface area (Å²) in [5, 5.41) is 11.1. The molecule has 0 radical (unpaired) electrons. The van der Waals surface area contributed by atoms with Gasteiger partial charge in [0.15, 0.2) is 0 Å². The number of carbonyl (C=O) groups excluding carboxylic acids is 2. The number of aliphatic carboxylic acids is 1. The van der Waals surface area contributed by atoms with Gasteiger partial charge in [0.2, 0.25) is 11.8 Å². The quantitative estimate of drug-likeness (QED) is 0.675. The number of rotatable bonds is 4. The van der Waals surface area contributed by atoms with Gasteiger partial charge in [0.25, 0.3) is 0 Å². The predicted molar refractivity (Wildman–Crippen MR) is 55.6 cm³/mol. The maximum absolute atomic E-state index is 11.6. The lowest BCUT2D eigenvalue weighted by atomic mass is 10.1. The van der Waals surface area contributed by atoms with E-state index in [1.165, 1.54) is 4.90 Å². The van der Waals surface area contributed by atoms with Crippen LogP contribution in [0.3, 0.4) is 0 Å². The highest BCUT2D eigenvalue weighted by Gasteiger charge is 2.32. The summed E-state index contributed by atoms with van der Waals surface area (Å²) in [5.41, 5.74) is 0. The van der Waals surface area contributed by atoms with Gasteiger partial charge in [-0.25, -0.2) is 0 Å². The molecule has 16 heavy (non-hydrogen) atoms. The lowest BCUT2D eigenvalue weighted by molar-refractivity contribution is -0.137. The summed E-state index contributed by atoms with van der Waals surface area (Å²) in [5.74, 6) is -1.60. The Morgan fingerprint density at radius 1 is 1.62 bits per heavy atom. The summed E-state index contributed by atoms with van der Waals surface area (Å²) in [6.45, 7) is 2.04. The van der Waals surface area contributed by atoms with Crippen LogP contribution in [0.5, 0.6) is 0 Å². The molecule has 1 rings (SSSR count). The Morgan fingerprint density at radius 2 is 2.25 bits per heavy atom. The van der Waals surface area contributed by atoms with Crippen LogP contribution in [0.2, 0.25) is 0 Å². The van der Waals surface area contributed by atoms with E-state index >= 15 is 0 Å². The fourth-order valence-corrected chi connectivity index (χ4v) is 1.71. The Balaban J connectivity index is 2.41. The molecule has 2 N–H and O–H groups in total. The minimum Gasteiger partial charge on any atom is -0.481 e. The van der Waals surface area contributed by atoms with Crippen molar-refractivity contribution in [1.82, 2.24) is 10.2 Å². The van der Waals surface area contributed by atoms with Gasteiger partial charge >= 0.3 is 5.97 Å². The number of hydrogen-bond acceptors (Lipinski definition) is 3. The smallest absolute Gasteiger partial charge is 0.305 e. The normalized spacial score (nSPS) is 22.0. The first-order chi connectivity index (χ1) is 7.40. The molecule has 1 aliphatic heterocycles. The van der Waals surface area contributed by atoms with E-state index in [9.17, 15) is 14.4 Å². The molecule has 0 aromatic carbocycles. The van der Waals surface area contributed by atoms with Crippen LogP contribution in [0.25, 0.3) is 0 Å².